The normalized spacial score (nSPS) is 11.2. The lowest BCUT2D eigenvalue weighted by molar-refractivity contribution is 0.416. The molecule has 128 valence electrons. The molecule has 25 heavy (non-hydrogen) atoms. The second kappa shape index (κ2) is 7.94. The third-order valence-corrected chi connectivity index (χ3v) is 4.61. The topological polar surface area (TPSA) is 46.5 Å². The van der Waals surface area contributed by atoms with Crippen LogP contribution >= 0.6 is 11.3 Å². The molecule has 0 saturated heterocycles. The van der Waals surface area contributed by atoms with Crippen molar-refractivity contribution in [3.8, 4) is 17.0 Å². The molecule has 0 saturated carbocycles. The number of nitrogens with one attached hydrogen (secondary N) is 1. The van der Waals surface area contributed by atoms with E-state index >= 15 is 0 Å². The van der Waals surface area contributed by atoms with Crippen molar-refractivity contribution in [2.45, 2.75) is 19.8 Å². The van der Waals surface area contributed by atoms with Crippen LogP contribution in [0.15, 0.2) is 59.0 Å². The first-order valence-corrected chi connectivity index (χ1v) is 9.03. The SMILES string of the molecule is COc1ccccc1-c1csc(N/N=C\c2ccc(C(C)C)cc2)n1. The molecule has 0 aliphatic rings. The van der Waals surface area contributed by atoms with Crippen molar-refractivity contribution in [1.29, 1.82) is 0 Å². The predicted octanol–water partition coefficient (Wildman–Crippen LogP) is 5.39. The van der Waals surface area contributed by atoms with Crippen molar-refractivity contribution in [1.82, 2.24) is 4.98 Å². The number of thiazole rings is 1. The first-order valence-electron chi connectivity index (χ1n) is 8.15. The van der Waals surface area contributed by atoms with E-state index in [1.165, 1.54) is 16.9 Å². The second-order valence-electron chi connectivity index (χ2n) is 5.93. The van der Waals surface area contributed by atoms with E-state index < -0.39 is 0 Å². The van der Waals surface area contributed by atoms with Crippen molar-refractivity contribution < 1.29 is 4.74 Å². The molecule has 0 amide bonds. The molecule has 0 aliphatic carbocycles. The smallest absolute Gasteiger partial charge is 0.203 e. The Kier molecular flexibility index (Phi) is 5.46. The van der Waals surface area contributed by atoms with Crippen LogP contribution < -0.4 is 10.2 Å². The van der Waals surface area contributed by atoms with E-state index in [1.54, 1.807) is 13.3 Å². The number of hydrogen-bond acceptors (Lipinski definition) is 5. The molecule has 3 aromatic rings. The highest BCUT2D eigenvalue weighted by Crippen LogP contribution is 2.31. The summed E-state index contributed by atoms with van der Waals surface area (Å²) in [6, 6.07) is 16.3. The minimum Gasteiger partial charge on any atom is -0.496 e. The number of nitrogens with zero attached hydrogens (tertiary/aromatic N) is 2. The van der Waals surface area contributed by atoms with Gasteiger partial charge in [-0.15, -0.1) is 11.3 Å². The van der Waals surface area contributed by atoms with E-state index in [1.807, 2.05) is 29.6 Å². The molecule has 5 heteroatoms. The third-order valence-electron chi connectivity index (χ3n) is 3.86. The van der Waals surface area contributed by atoms with Gasteiger partial charge in [-0.25, -0.2) is 4.98 Å². The van der Waals surface area contributed by atoms with Crippen molar-refractivity contribution in [3.05, 3.63) is 65.0 Å². The van der Waals surface area contributed by atoms with Gasteiger partial charge in [0, 0.05) is 10.9 Å². The number of anilines is 1. The van der Waals surface area contributed by atoms with E-state index in [-0.39, 0.29) is 0 Å². The summed E-state index contributed by atoms with van der Waals surface area (Å²) >= 11 is 1.51. The first-order chi connectivity index (χ1) is 12.2. The summed E-state index contributed by atoms with van der Waals surface area (Å²) in [5.41, 5.74) is 7.22. The second-order valence-corrected chi connectivity index (χ2v) is 6.79. The summed E-state index contributed by atoms with van der Waals surface area (Å²) in [6.07, 6.45) is 1.80. The zero-order valence-corrected chi connectivity index (χ0v) is 15.4. The molecule has 0 spiro atoms. The van der Waals surface area contributed by atoms with E-state index in [9.17, 15) is 0 Å². The van der Waals surface area contributed by atoms with Gasteiger partial charge in [0.25, 0.3) is 0 Å². The van der Waals surface area contributed by atoms with Gasteiger partial charge in [-0.2, -0.15) is 5.10 Å². The fraction of sp³-hybridized carbons (Fsp3) is 0.200. The maximum atomic E-state index is 5.39. The average Bonchev–Trinajstić information content (AvgIpc) is 3.11. The zero-order valence-electron chi connectivity index (χ0n) is 14.6. The number of benzene rings is 2. The lowest BCUT2D eigenvalue weighted by Crippen LogP contribution is -1.92. The number of hydrogen-bond donors (Lipinski definition) is 1. The van der Waals surface area contributed by atoms with Crippen molar-refractivity contribution in [2.75, 3.05) is 12.5 Å². The van der Waals surface area contributed by atoms with Crippen molar-refractivity contribution >= 4 is 22.7 Å². The largest absolute Gasteiger partial charge is 0.496 e. The third kappa shape index (κ3) is 4.25. The fourth-order valence-electron chi connectivity index (χ4n) is 2.43. The average molecular weight is 351 g/mol. The number of hydrazone groups is 1. The summed E-state index contributed by atoms with van der Waals surface area (Å²) in [5, 5.41) is 7.02. The monoisotopic (exact) mass is 351 g/mol. The van der Waals surface area contributed by atoms with Gasteiger partial charge in [-0.1, -0.05) is 50.2 Å². The van der Waals surface area contributed by atoms with Crippen LogP contribution in [0.1, 0.15) is 30.9 Å². The van der Waals surface area contributed by atoms with E-state index in [0.29, 0.717) is 5.92 Å². The number of para-hydroxylation sites is 1. The summed E-state index contributed by atoms with van der Waals surface area (Å²) < 4.78 is 5.39. The van der Waals surface area contributed by atoms with E-state index in [4.69, 9.17) is 4.74 Å². The van der Waals surface area contributed by atoms with Gasteiger partial charge < -0.3 is 4.74 Å². The molecule has 4 nitrogen and oxygen atoms in total. The number of methoxy groups -OCH3 is 1. The Morgan fingerprint density at radius 1 is 1.12 bits per heavy atom. The molecular weight excluding hydrogens is 330 g/mol. The Morgan fingerprint density at radius 2 is 1.88 bits per heavy atom. The highest BCUT2D eigenvalue weighted by atomic mass is 32.1. The Bertz CT molecular complexity index is 853. The van der Waals surface area contributed by atoms with E-state index in [2.05, 4.69) is 53.6 Å². The minimum absolute atomic E-state index is 0.535. The quantitative estimate of drug-likeness (QED) is 0.478. The van der Waals surface area contributed by atoms with Gasteiger partial charge in [-0.3, -0.25) is 5.43 Å². The Hall–Kier alpha value is -2.66. The van der Waals surface area contributed by atoms with Gasteiger partial charge in [-0.05, 0) is 29.2 Å². The van der Waals surface area contributed by atoms with Crippen molar-refractivity contribution in [2.24, 2.45) is 5.10 Å². The maximum absolute atomic E-state index is 5.39. The Labute approximate surface area is 152 Å². The summed E-state index contributed by atoms with van der Waals surface area (Å²) in [4.78, 5) is 4.57. The van der Waals surface area contributed by atoms with Crippen LogP contribution in [-0.4, -0.2) is 18.3 Å². The molecule has 1 aromatic heterocycles. The van der Waals surface area contributed by atoms with Gasteiger partial charge in [0.05, 0.1) is 19.0 Å². The highest BCUT2D eigenvalue weighted by molar-refractivity contribution is 7.14. The fourth-order valence-corrected chi connectivity index (χ4v) is 3.09. The molecular formula is C20H21N3OS. The lowest BCUT2D eigenvalue weighted by atomic mass is 10.0. The van der Waals surface area contributed by atoms with E-state index in [0.717, 1.165) is 27.7 Å². The van der Waals surface area contributed by atoms with Gasteiger partial charge in [0.15, 0.2) is 0 Å². The Balaban J connectivity index is 1.67. The summed E-state index contributed by atoms with van der Waals surface area (Å²) in [7, 11) is 1.67. The van der Waals surface area contributed by atoms with Gasteiger partial charge in [0.2, 0.25) is 5.13 Å². The summed E-state index contributed by atoms with van der Waals surface area (Å²) in [5.74, 6) is 1.35. The van der Waals surface area contributed by atoms with Gasteiger partial charge >= 0.3 is 0 Å². The van der Waals surface area contributed by atoms with Crippen molar-refractivity contribution in [3.63, 3.8) is 0 Å². The lowest BCUT2D eigenvalue weighted by Gasteiger charge is -2.05. The van der Waals surface area contributed by atoms with Crippen LogP contribution in [0.4, 0.5) is 5.13 Å². The highest BCUT2D eigenvalue weighted by Gasteiger charge is 2.08. The van der Waals surface area contributed by atoms with Crippen LogP contribution in [0.5, 0.6) is 5.75 Å². The van der Waals surface area contributed by atoms with Gasteiger partial charge in [0.1, 0.15) is 5.75 Å². The minimum atomic E-state index is 0.535. The number of aromatic nitrogens is 1. The molecule has 0 unspecified atom stereocenters. The molecule has 2 aromatic carbocycles. The number of rotatable bonds is 6. The van der Waals surface area contributed by atoms with Crippen LogP contribution in [0, 0.1) is 0 Å². The molecule has 0 fully saturated rings. The molecule has 3 rings (SSSR count). The van der Waals surface area contributed by atoms with Crippen LogP contribution in [0.25, 0.3) is 11.3 Å². The predicted molar refractivity (Wildman–Crippen MR) is 106 cm³/mol. The van der Waals surface area contributed by atoms with Crippen LogP contribution in [-0.2, 0) is 0 Å². The molecule has 0 aliphatic heterocycles. The molecule has 1 heterocycles. The molecule has 1 N–H and O–H groups in total. The molecule has 0 radical (unpaired) electrons. The first kappa shape index (κ1) is 17.2. The standard InChI is InChI=1S/C20H21N3OS/c1-14(2)16-10-8-15(9-11-16)12-21-23-20-22-18(13-25-20)17-6-4-5-7-19(17)24-3/h4-14H,1-3H3,(H,22,23)/b21-12-. The Morgan fingerprint density at radius 3 is 2.60 bits per heavy atom. The van der Waals surface area contributed by atoms with Crippen LogP contribution in [0.3, 0.4) is 0 Å². The number of ether oxygens (including phenoxy) is 1. The molecule has 0 bridgehead atoms. The summed E-state index contributed by atoms with van der Waals surface area (Å²) in [6.45, 7) is 4.37. The molecule has 0 atom stereocenters. The zero-order chi connectivity index (χ0) is 17.6. The maximum Gasteiger partial charge on any atom is 0.203 e. The van der Waals surface area contributed by atoms with Crippen LogP contribution in [0.2, 0.25) is 0 Å².